The van der Waals surface area contributed by atoms with Crippen molar-refractivity contribution < 1.29 is 8.42 Å². The van der Waals surface area contributed by atoms with Crippen LogP contribution in [0.3, 0.4) is 0 Å². The number of hydrogen-bond acceptors (Lipinski definition) is 9. The Morgan fingerprint density at radius 3 is 2.61 bits per heavy atom. The SMILES string of the molecule is CN(c1cc2c(nn1)CCS(=O)(=O)C2)C1CN(c2ccc3nnc(C(C)(C)C)n3n2)C1. The van der Waals surface area contributed by atoms with Gasteiger partial charge in [-0.15, -0.1) is 20.4 Å². The van der Waals surface area contributed by atoms with Gasteiger partial charge >= 0.3 is 0 Å². The lowest BCUT2D eigenvalue weighted by Crippen LogP contribution is -2.59. The highest BCUT2D eigenvalue weighted by Gasteiger charge is 2.33. The van der Waals surface area contributed by atoms with Gasteiger partial charge in [0.1, 0.15) is 5.82 Å². The van der Waals surface area contributed by atoms with E-state index in [4.69, 9.17) is 5.10 Å². The van der Waals surface area contributed by atoms with Gasteiger partial charge < -0.3 is 9.80 Å². The van der Waals surface area contributed by atoms with Crippen LogP contribution in [-0.2, 0) is 27.4 Å². The maximum Gasteiger partial charge on any atom is 0.178 e. The average molecular weight is 443 g/mol. The van der Waals surface area contributed by atoms with Crippen molar-refractivity contribution in [3.63, 3.8) is 0 Å². The summed E-state index contributed by atoms with van der Waals surface area (Å²) in [4.78, 5) is 4.27. The Kier molecular flexibility index (Phi) is 4.44. The third-order valence-electron chi connectivity index (χ3n) is 5.99. The van der Waals surface area contributed by atoms with Gasteiger partial charge in [0, 0.05) is 32.0 Å². The van der Waals surface area contributed by atoms with Gasteiger partial charge in [0.15, 0.2) is 27.1 Å². The molecule has 0 bridgehead atoms. The van der Waals surface area contributed by atoms with Gasteiger partial charge in [0.2, 0.25) is 0 Å². The minimum absolute atomic E-state index is 0.0501. The van der Waals surface area contributed by atoms with Crippen molar-refractivity contribution in [3.8, 4) is 0 Å². The number of anilines is 2. The van der Waals surface area contributed by atoms with Crippen LogP contribution in [0.25, 0.3) is 5.65 Å². The van der Waals surface area contributed by atoms with Crippen molar-refractivity contribution in [2.24, 2.45) is 0 Å². The van der Waals surface area contributed by atoms with E-state index in [1.165, 1.54) is 0 Å². The maximum absolute atomic E-state index is 12.0. The molecule has 0 N–H and O–H groups in total. The van der Waals surface area contributed by atoms with Gasteiger partial charge in [0.25, 0.3) is 0 Å². The van der Waals surface area contributed by atoms with Crippen LogP contribution in [0.2, 0.25) is 0 Å². The van der Waals surface area contributed by atoms with Crippen molar-refractivity contribution in [1.82, 2.24) is 30.0 Å². The van der Waals surface area contributed by atoms with E-state index in [1.54, 1.807) is 0 Å². The molecule has 5 rings (SSSR count). The fourth-order valence-electron chi connectivity index (χ4n) is 4.00. The smallest absolute Gasteiger partial charge is 0.178 e. The molecule has 0 saturated carbocycles. The lowest BCUT2D eigenvalue weighted by molar-refractivity contribution is 0.481. The normalized spacial score (nSPS) is 18.6. The number of sulfone groups is 1. The number of aromatic nitrogens is 6. The number of rotatable bonds is 3. The van der Waals surface area contributed by atoms with Crippen LogP contribution in [0.15, 0.2) is 18.2 Å². The first-order chi connectivity index (χ1) is 14.6. The number of likely N-dealkylation sites (N-methyl/N-ethyl adjacent to an activating group) is 1. The molecule has 1 fully saturated rings. The highest BCUT2D eigenvalue weighted by atomic mass is 32.2. The van der Waals surface area contributed by atoms with E-state index in [1.807, 2.05) is 29.8 Å². The Labute approximate surface area is 181 Å². The zero-order valence-corrected chi connectivity index (χ0v) is 19.0. The summed E-state index contributed by atoms with van der Waals surface area (Å²) in [5, 5.41) is 21.9. The molecule has 1 saturated heterocycles. The Morgan fingerprint density at radius 2 is 1.87 bits per heavy atom. The quantitative estimate of drug-likeness (QED) is 0.587. The molecule has 2 aliphatic rings. The molecule has 0 aliphatic carbocycles. The van der Waals surface area contributed by atoms with E-state index in [2.05, 4.69) is 51.0 Å². The van der Waals surface area contributed by atoms with E-state index in [9.17, 15) is 8.42 Å². The summed E-state index contributed by atoms with van der Waals surface area (Å²) in [6, 6.07) is 6.03. The zero-order valence-electron chi connectivity index (χ0n) is 18.1. The molecular weight excluding hydrogens is 416 g/mol. The Bertz CT molecular complexity index is 1260. The van der Waals surface area contributed by atoms with E-state index < -0.39 is 9.84 Å². The summed E-state index contributed by atoms with van der Waals surface area (Å²) >= 11 is 0. The average Bonchev–Trinajstić information content (AvgIpc) is 3.09. The molecule has 0 spiro atoms. The zero-order chi connectivity index (χ0) is 22.0. The van der Waals surface area contributed by atoms with Crippen LogP contribution in [0.5, 0.6) is 0 Å². The molecule has 11 heteroatoms. The molecule has 3 aromatic rings. The Morgan fingerprint density at radius 1 is 1.10 bits per heavy atom. The van der Waals surface area contributed by atoms with Crippen LogP contribution >= 0.6 is 0 Å². The fraction of sp³-hybridized carbons (Fsp3) is 0.550. The Hall–Kier alpha value is -2.82. The molecule has 31 heavy (non-hydrogen) atoms. The summed E-state index contributed by atoms with van der Waals surface area (Å²) in [6.07, 6.45) is 0.444. The second-order valence-electron chi connectivity index (χ2n) is 9.42. The lowest BCUT2D eigenvalue weighted by atomic mass is 9.96. The third-order valence-corrected chi connectivity index (χ3v) is 7.56. The van der Waals surface area contributed by atoms with Crippen LogP contribution in [0.1, 0.15) is 37.9 Å². The molecule has 0 unspecified atom stereocenters. The third kappa shape index (κ3) is 3.60. The largest absolute Gasteiger partial charge is 0.352 e. The molecule has 10 nitrogen and oxygen atoms in total. The van der Waals surface area contributed by atoms with Gasteiger partial charge in [-0.1, -0.05) is 20.8 Å². The van der Waals surface area contributed by atoms with Crippen molar-refractivity contribution >= 4 is 27.1 Å². The predicted octanol–water partition coefficient (Wildman–Crippen LogP) is 1.01. The molecule has 0 aromatic carbocycles. The summed E-state index contributed by atoms with van der Waals surface area (Å²) in [6.45, 7) is 7.87. The molecule has 164 valence electrons. The highest BCUT2D eigenvalue weighted by Crippen LogP contribution is 2.27. The molecule has 3 aromatic heterocycles. The van der Waals surface area contributed by atoms with Crippen molar-refractivity contribution in [3.05, 3.63) is 35.3 Å². The van der Waals surface area contributed by atoms with Gasteiger partial charge in [-0.3, -0.25) is 0 Å². The van der Waals surface area contributed by atoms with E-state index in [0.29, 0.717) is 12.2 Å². The predicted molar refractivity (Wildman–Crippen MR) is 117 cm³/mol. The number of hydrogen-bond donors (Lipinski definition) is 0. The van der Waals surface area contributed by atoms with Gasteiger partial charge in [-0.2, -0.15) is 9.61 Å². The summed E-state index contributed by atoms with van der Waals surface area (Å²) in [5.41, 5.74) is 2.15. The summed E-state index contributed by atoms with van der Waals surface area (Å²) < 4.78 is 25.8. The molecule has 5 heterocycles. The Balaban J connectivity index is 1.32. The first-order valence-corrected chi connectivity index (χ1v) is 12.2. The number of nitrogens with zero attached hydrogens (tertiary/aromatic N) is 8. The molecule has 0 radical (unpaired) electrons. The number of aryl methyl sites for hydroxylation is 1. The summed E-state index contributed by atoms with van der Waals surface area (Å²) in [5.74, 6) is 2.62. The number of fused-ring (bicyclic) bond motifs is 2. The second-order valence-corrected chi connectivity index (χ2v) is 11.6. The van der Waals surface area contributed by atoms with Gasteiger partial charge in [-0.05, 0) is 23.8 Å². The molecule has 0 amide bonds. The van der Waals surface area contributed by atoms with Crippen LogP contribution < -0.4 is 9.80 Å². The van der Waals surface area contributed by atoms with Gasteiger partial charge in [0.05, 0.1) is 23.2 Å². The van der Waals surface area contributed by atoms with Crippen molar-refractivity contribution in [2.45, 2.75) is 44.4 Å². The fourth-order valence-corrected chi connectivity index (χ4v) is 5.38. The first kappa shape index (κ1) is 20.1. The van der Waals surface area contributed by atoms with E-state index in [0.717, 1.165) is 41.6 Å². The van der Waals surface area contributed by atoms with Gasteiger partial charge in [-0.25, -0.2) is 8.42 Å². The van der Waals surface area contributed by atoms with Crippen molar-refractivity contribution in [1.29, 1.82) is 0 Å². The highest BCUT2D eigenvalue weighted by molar-refractivity contribution is 7.90. The van der Waals surface area contributed by atoms with E-state index in [-0.39, 0.29) is 23.0 Å². The van der Waals surface area contributed by atoms with E-state index >= 15 is 0 Å². The second kappa shape index (κ2) is 6.84. The minimum Gasteiger partial charge on any atom is -0.352 e. The lowest BCUT2D eigenvalue weighted by Gasteiger charge is -2.44. The maximum atomic E-state index is 12.0. The first-order valence-electron chi connectivity index (χ1n) is 10.4. The molecule has 0 atom stereocenters. The monoisotopic (exact) mass is 442 g/mol. The van der Waals surface area contributed by atoms with Crippen LogP contribution in [0.4, 0.5) is 11.6 Å². The molecule has 2 aliphatic heterocycles. The topological polar surface area (TPSA) is 109 Å². The van der Waals surface area contributed by atoms with Crippen LogP contribution in [-0.4, -0.2) is 70.4 Å². The van der Waals surface area contributed by atoms with Crippen molar-refractivity contribution in [2.75, 3.05) is 35.7 Å². The van der Waals surface area contributed by atoms with Crippen LogP contribution in [0, 0.1) is 0 Å². The molecular formula is C20H26N8O2S. The standard InChI is InChI=1S/C20H26N8O2S/c1-20(2,3)19-24-22-16-5-6-17(25-28(16)19)27-10-14(11-27)26(4)18-9-13-12-31(29,30)8-7-15(13)21-23-18/h5-6,9,14H,7-8,10-12H2,1-4H3. The summed E-state index contributed by atoms with van der Waals surface area (Å²) in [7, 11) is -1.06. The minimum atomic E-state index is -3.04.